The number of para-hydroxylation sites is 1. The Balaban J connectivity index is 2.12. The zero-order valence-electron chi connectivity index (χ0n) is 10.0. The molecule has 19 heavy (non-hydrogen) atoms. The molecule has 0 aliphatic carbocycles. The molecule has 0 bridgehead atoms. The average Bonchev–Trinajstić information content (AvgIpc) is 2.98. The third kappa shape index (κ3) is 1.57. The van der Waals surface area contributed by atoms with Crippen LogP contribution in [-0.4, -0.2) is 20.4 Å². The van der Waals surface area contributed by atoms with E-state index in [2.05, 4.69) is 32.5 Å². The molecule has 0 aliphatic heterocycles. The van der Waals surface area contributed by atoms with E-state index in [1.807, 2.05) is 36.4 Å². The molecule has 0 radical (unpaired) electrons. The predicted molar refractivity (Wildman–Crippen MR) is 74.6 cm³/mol. The molecule has 4 rings (SSSR count). The van der Waals surface area contributed by atoms with Gasteiger partial charge in [0.15, 0.2) is 0 Å². The van der Waals surface area contributed by atoms with Crippen molar-refractivity contribution in [3.05, 3.63) is 54.7 Å². The molecule has 0 spiro atoms. The molecule has 0 atom stereocenters. The SMILES string of the molecule is c1ccc2nc3cccc(-c4cn[nH]n4)c3cc2c1. The molecule has 0 unspecified atom stereocenters. The summed E-state index contributed by atoms with van der Waals surface area (Å²) in [6, 6.07) is 16.3. The van der Waals surface area contributed by atoms with Crippen molar-refractivity contribution >= 4 is 21.8 Å². The van der Waals surface area contributed by atoms with Crippen LogP contribution in [0.2, 0.25) is 0 Å². The maximum Gasteiger partial charge on any atom is 0.113 e. The normalized spacial score (nSPS) is 11.2. The van der Waals surface area contributed by atoms with Gasteiger partial charge in [-0.15, -0.1) is 0 Å². The number of aromatic amines is 1. The van der Waals surface area contributed by atoms with Gasteiger partial charge in [-0.3, -0.25) is 0 Å². The Kier molecular flexibility index (Phi) is 2.08. The van der Waals surface area contributed by atoms with Crippen molar-refractivity contribution in [3.63, 3.8) is 0 Å². The van der Waals surface area contributed by atoms with Gasteiger partial charge in [0.2, 0.25) is 0 Å². The predicted octanol–water partition coefficient (Wildman–Crippen LogP) is 3.17. The van der Waals surface area contributed by atoms with Crippen molar-refractivity contribution < 1.29 is 0 Å². The van der Waals surface area contributed by atoms with Gasteiger partial charge in [-0.05, 0) is 18.2 Å². The fourth-order valence-electron chi connectivity index (χ4n) is 2.35. The van der Waals surface area contributed by atoms with Gasteiger partial charge in [0.1, 0.15) is 5.69 Å². The molecule has 0 saturated carbocycles. The fourth-order valence-corrected chi connectivity index (χ4v) is 2.35. The highest BCUT2D eigenvalue weighted by molar-refractivity contribution is 6.00. The molecule has 2 heterocycles. The summed E-state index contributed by atoms with van der Waals surface area (Å²) in [6.07, 6.45) is 1.73. The van der Waals surface area contributed by atoms with E-state index in [9.17, 15) is 0 Å². The van der Waals surface area contributed by atoms with Gasteiger partial charge in [0, 0.05) is 16.3 Å². The van der Waals surface area contributed by atoms with Gasteiger partial charge in [-0.1, -0.05) is 30.3 Å². The molecule has 1 N–H and O–H groups in total. The van der Waals surface area contributed by atoms with E-state index in [-0.39, 0.29) is 0 Å². The lowest BCUT2D eigenvalue weighted by Crippen LogP contribution is -1.86. The Labute approximate surface area is 109 Å². The summed E-state index contributed by atoms with van der Waals surface area (Å²) in [6.45, 7) is 0. The number of hydrogen-bond acceptors (Lipinski definition) is 3. The molecule has 0 aliphatic rings. The second kappa shape index (κ2) is 3.88. The van der Waals surface area contributed by atoms with Gasteiger partial charge < -0.3 is 0 Å². The summed E-state index contributed by atoms with van der Waals surface area (Å²) in [7, 11) is 0. The maximum atomic E-state index is 4.69. The smallest absolute Gasteiger partial charge is 0.113 e. The molecule has 4 nitrogen and oxygen atoms in total. The minimum Gasteiger partial charge on any atom is -0.248 e. The fraction of sp³-hybridized carbons (Fsp3) is 0. The summed E-state index contributed by atoms with van der Waals surface area (Å²) >= 11 is 0. The summed E-state index contributed by atoms with van der Waals surface area (Å²) in [4.78, 5) is 4.69. The number of pyridine rings is 1. The second-order valence-electron chi connectivity index (χ2n) is 4.41. The topological polar surface area (TPSA) is 54.5 Å². The Hall–Kier alpha value is -2.75. The van der Waals surface area contributed by atoms with Gasteiger partial charge >= 0.3 is 0 Å². The van der Waals surface area contributed by atoms with E-state index in [4.69, 9.17) is 0 Å². The summed E-state index contributed by atoms with van der Waals surface area (Å²) in [5.41, 5.74) is 3.86. The van der Waals surface area contributed by atoms with Crippen LogP contribution >= 0.6 is 0 Å². The number of nitrogens with zero attached hydrogens (tertiary/aromatic N) is 3. The van der Waals surface area contributed by atoms with Crippen molar-refractivity contribution in [1.82, 2.24) is 20.4 Å². The van der Waals surface area contributed by atoms with Crippen LogP contribution in [0.4, 0.5) is 0 Å². The van der Waals surface area contributed by atoms with E-state index in [1.54, 1.807) is 6.20 Å². The zero-order valence-corrected chi connectivity index (χ0v) is 10.0. The lowest BCUT2D eigenvalue weighted by molar-refractivity contribution is 0.942. The first kappa shape index (κ1) is 10.2. The third-order valence-corrected chi connectivity index (χ3v) is 3.25. The van der Waals surface area contributed by atoms with E-state index < -0.39 is 0 Å². The van der Waals surface area contributed by atoms with Crippen molar-refractivity contribution in [3.8, 4) is 11.3 Å². The Bertz CT molecular complexity index is 866. The van der Waals surface area contributed by atoms with E-state index >= 15 is 0 Å². The highest BCUT2D eigenvalue weighted by Gasteiger charge is 2.07. The molecule has 0 saturated heterocycles. The maximum absolute atomic E-state index is 4.69. The van der Waals surface area contributed by atoms with Crippen molar-refractivity contribution in [2.75, 3.05) is 0 Å². The first-order valence-corrected chi connectivity index (χ1v) is 6.06. The number of fused-ring (bicyclic) bond motifs is 2. The molecule has 2 aromatic heterocycles. The van der Waals surface area contributed by atoms with Gasteiger partial charge in [0.05, 0.1) is 17.2 Å². The second-order valence-corrected chi connectivity index (χ2v) is 4.41. The van der Waals surface area contributed by atoms with Crippen molar-refractivity contribution in [2.24, 2.45) is 0 Å². The minimum absolute atomic E-state index is 0.836. The van der Waals surface area contributed by atoms with Crippen molar-refractivity contribution in [2.45, 2.75) is 0 Å². The number of benzene rings is 2. The first-order valence-electron chi connectivity index (χ1n) is 6.06. The molecule has 0 amide bonds. The number of aromatic nitrogens is 4. The number of rotatable bonds is 1. The molecule has 0 fully saturated rings. The zero-order chi connectivity index (χ0) is 12.7. The molecule has 4 heteroatoms. The lowest BCUT2D eigenvalue weighted by Gasteiger charge is -2.05. The van der Waals surface area contributed by atoms with Gasteiger partial charge in [-0.25, -0.2) is 4.98 Å². The van der Waals surface area contributed by atoms with Crippen LogP contribution in [0.1, 0.15) is 0 Å². The van der Waals surface area contributed by atoms with Crippen molar-refractivity contribution in [1.29, 1.82) is 0 Å². The standard InChI is InChI=1S/C15H10N4/c1-2-6-13-10(4-1)8-12-11(15-9-16-19-18-15)5-3-7-14(12)17-13/h1-9H,(H,16,18,19). The number of hydrogen-bond donors (Lipinski definition) is 1. The molecule has 90 valence electrons. The molecular weight excluding hydrogens is 236 g/mol. The third-order valence-electron chi connectivity index (χ3n) is 3.25. The molecule has 4 aromatic rings. The Morgan fingerprint density at radius 1 is 0.895 bits per heavy atom. The van der Waals surface area contributed by atoms with E-state index in [0.717, 1.165) is 33.1 Å². The van der Waals surface area contributed by atoms with E-state index in [1.165, 1.54) is 0 Å². The average molecular weight is 246 g/mol. The summed E-state index contributed by atoms with van der Waals surface area (Å²) in [5, 5.41) is 12.9. The van der Waals surface area contributed by atoms with Crippen LogP contribution in [-0.2, 0) is 0 Å². The van der Waals surface area contributed by atoms with Crippen LogP contribution in [0.15, 0.2) is 54.7 Å². The van der Waals surface area contributed by atoms with Crippen LogP contribution in [0.5, 0.6) is 0 Å². The quantitative estimate of drug-likeness (QED) is 0.525. The minimum atomic E-state index is 0.836. The summed E-state index contributed by atoms with van der Waals surface area (Å²) in [5.74, 6) is 0. The van der Waals surface area contributed by atoms with Crippen LogP contribution < -0.4 is 0 Å². The highest BCUT2D eigenvalue weighted by Crippen LogP contribution is 2.28. The van der Waals surface area contributed by atoms with E-state index in [0.29, 0.717) is 0 Å². The van der Waals surface area contributed by atoms with Crippen LogP contribution in [0.3, 0.4) is 0 Å². The molecular formula is C15H10N4. The van der Waals surface area contributed by atoms with Crippen LogP contribution in [0, 0.1) is 0 Å². The number of nitrogens with one attached hydrogen (secondary N) is 1. The molecule has 2 aromatic carbocycles. The Morgan fingerprint density at radius 2 is 1.79 bits per heavy atom. The van der Waals surface area contributed by atoms with Crippen LogP contribution in [0.25, 0.3) is 33.1 Å². The largest absolute Gasteiger partial charge is 0.248 e. The lowest BCUT2D eigenvalue weighted by atomic mass is 10.0. The number of H-pyrrole nitrogens is 1. The monoisotopic (exact) mass is 246 g/mol. The highest BCUT2D eigenvalue weighted by atomic mass is 15.3. The van der Waals surface area contributed by atoms with Gasteiger partial charge in [-0.2, -0.15) is 15.4 Å². The first-order chi connectivity index (χ1) is 9.42. The summed E-state index contributed by atoms with van der Waals surface area (Å²) < 4.78 is 0. The van der Waals surface area contributed by atoms with Gasteiger partial charge in [0.25, 0.3) is 0 Å². The Morgan fingerprint density at radius 3 is 2.68 bits per heavy atom.